The molecule has 0 radical (unpaired) electrons. The van der Waals surface area contributed by atoms with Gasteiger partial charge in [-0.25, -0.2) is 0 Å². The Balaban J connectivity index is 2.06. The summed E-state index contributed by atoms with van der Waals surface area (Å²) < 4.78 is 0. The highest BCUT2D eigenvalue weighted by atomic mass is 32.2. The molecule has 5 heteroatoms. The average molecular weight is 279 g/mol. The molecule has 1 heterocycles. The monoisotopic (exact) mass is 279 g/mol. The minimum absolute atomic E-state index is 0.0180. The quantitative estimate of drug-likeness (QED) is 0.917. The Morgan fingerprint density at radius 1 is 1.47 bits per heavy atom. The van der Waals surface area contributed by atoms with Gasteiger partial charge in [-0.15, -0.1) is 11.8 Å². The molecule has 0 aliphatic carbocycles. The van der Waals surface area contributed by atoms with Crippen molar-refractivity contribution in [2.75, 3.05) is 10.7 Å². The fourth-order valence-corrected chi connectivity index (χ4v) is 2.96. The average Bonchev–Trinajstić information content (AvgIpc) is 2.71. The van der Waals surface area contributed by atoms with Crippen molar-refractivity contribution < 1.29 is 14.7 Å². The standard InChI is InChI=1S/C14H17NO3S/c1-9-7-11-5-3-4-6-12(11)15(9)13(16)8-19-10(2)14(17)18/h3-6,9-10H,7-8H2,1-2H3,(H,17,18). The van der Waals surface area contributed by atoms with Crippen molar-refractivity contribution in [1.82, 2.24) is 0 Å². The summed E-state index contributed by atoms with van der Waals surface area (Å²) in [5.74, 6) is -0.699. The SMILES string of the molecule is CC(SCC(=O)N1c2ccccc2CC1C)C(=O)O. The lowest BCUT2D eigenvalue weighted by Gasteiger charge is -2.23. The van der Waals surface area contributed by atoms with Crippen LogP contribution in [0.4, 0.5) is 5.69 Å². The molecule has 1 aromatic rings. The molecule has 1 aliphatic rings. The summed E-state index contributed by atoms with van der Waals surface area (Å²) in [4.78, 5) is 24.8. The van der Waals surface area contributed by atoms with Crippen LogP contribution in [-0.4, -0.2) is 34.0 Å². The van der Waals surface area contributed by atoms with Crippen molar-refractivity contribution in [3.8, 4) is 0 Å². The summed E-state index contributed by atoms with van der Waals surface area (Å²) in [6, 6.07) is 8.02. The lowest BCUT2D eigenvalue weighted by Crippen LogP contribution is -2.37. The van der Waals surface area contributed by atoms with Crippen molar-refractivity contribution in [2.24, 2.45) is 0 Å². The van der Waals surface area contributed by atoms with E-state index in [9.17, 15) is 9.59 Å². The predicted molar refractivity (Wildman–Crippen MR) is 76.6 cm³/mol. The number of nitrogens with zero attached hydrogens (tertiary/aromatic N) is 1. The van der Waals surface area contributed by atoms with E-state index in [0.717, 1.165) is 12.1 Å². The molecular weight excluding hydrogens is 262 g/mol. The van der Waals surface area contributed by atoms with E-state index in [1.807, 2.05) is 31.2 Å². The van der Waals surface area contributed by atoms with Gasteiger partial charge >= 0.3 is 5.97 Å². The van der Waals surface area contributed by atoms with E-state index in [-0.39, 0.29) is 17.7 Å². The van der Waals surface area contributed by atoms with Crippen LogP contribution < -0.4 is 4.90 Å². The van der Waals surface area contributed by atoms with E-state index in [0.29, 0.717) is 0 Å². The van der Waals surface area contributed by atoms with Crippen LogP contribution in [0, 0.1) is 0 Å². The maximum atomic E-state index is 12.3. The summed E-state index contributed by atoms with van der Waals surface area (Å²) in [5.41, 5.74) is 2.14. The van der Waals surface area contributed by atoms with Gasteiger partial charge in [0.1, 0.15) is 0 Å². The largest absolute Gasteiger partial charge is 0.480 e. The van der Waals surface area contributed by atoms with Crippen LogP contribution in [0.5, 0.6) is 0 Å². The normalized spacial score (nSPS) is 19.1. The van der Waals surface area contributed by atoms with Crippen LogP contribution in [0.15, 0.2) is 24.3 Å². The molecule has 0 fully saturated rings. The molecule has 19 heavy (non-hydrogen) atoms. The third-order valence-electron chi connectivity index (χ3n) is 3.28. The fraction of sp³-hybridized carbons (Fsp3) is 0.429. The van der Waals surface area contributed by atoms with E-state index in [1.165, 1.54) is 17.3 Å². The highest BCUT2D eigenvalue weighted by Crippen LogP contribution is 2.32. The molecule has 1 N–H and O–H groups in total. The number of carboxylic acid groups (broad SMARTS) is 1. The van der Waals surface area contributed by atoms with E-state index in [2.05, 4.69) is 0 Å². The molecule has 0 bridgehead atoms. The van der Waals surface area contributed by atoms with Crippen molar-refractivity contribution in [3.05, 3.63) is 29.8 Å². The molecule has 2 rings (SSSR count). The minimum Gasteiger partial charge on any atom is -0.480 e. The molecule has 102 valence electrons. The third-order valence-corrected chi connectivity index (χ3v) is 4.40. The van der Waals surface area contributed by atoms with Gasteiger partial charge in [0.15, 0.2) is 0 Å². The Hall–Kier alpha value is -1.49. The van der Waals surface area contributed by atoms with Gasteiger partial charge in [-0.2, -0.15) is 0 Å². The van der Waals surface area contributed by atoms with Gasteiger partial charge in [-0.3, -0.25) is 9.59 Å². The molecule has 0 saturated heterocycles. The lowest BCUT2D eigenvalue weighted by molar-refractivity contribution is -0.136. The summed E-state index contributed by atoms with van der Waals surface area (Å²) in [7, 11) is 0. The number of aliphatic carboxylic acids is 1. The molecule has 0 saturated carbocycles. The summed E-state index contributed by atoms with van der Waals surface area (Å²) in [6.45, 7) is 3.62. The molecule has 2 unspecified atom stereocenters. The molecule has 1 amide bonds. The van der Waals surface area contributed by atoms with E-state index >= 15 is 0 Å². The first-order chi connectivity index (χ1) is 9.00. The number of hydrogen-bond acceptors (Lipinski definition) is 3. The highest BCUT2D eigenvalue weighted by molar-refractivity contribution is 8.01. The molecule has 1 aromatic carbocycles. The van der Waals surface area contributed by atoms with E-state index in [1.54, 1.807) is 11.8 Å². The van der Waals surface area contributed by atoms with Crippen molar-refractivity contribution >= 4 is 29.3 Å². The topological polar surface area (TPSA) is 57.6 Å². The van der Waals surface area contributed by atoms with Crippen molar-refractivity contribution in [2.45, 2.75) is 31.6 Å². The van der Waals surface area contributed by atoms with Gasteiger partial charge in [0.25, 0.3) is 0 Å². The zero-order valence-electron chi connectivity index (χ0n) is 11.0. The maximum absolute atomic E-state index is 12.3. The van der Waals surface area contributed by atoms with Crippen molar-refractivity contribution in [1.29, 1.82) is 0 Å². The number of benzene rings is 1. The van der Waals surface area contributed by atoms with Crippen LogP contribution in [0.2, 0.25) is 0 Å². The number of carboxylic acids is 1. The Kier molecular flexibility index (Phi) is 4.14. The van der Waals surface area contributed by atoms with Gasteiger partial charge in [0, 0.05) is 11.7 Å². The van der Waals surface area contributed by atoms with E-state index < -0.39 is 11.2 Å². The summed E-state index contributed by atoms with van der Waals surface area (Å²) in [5, 5.41) is 8.27. The number of thioether (sulfide) groups is 1. The van der Waals surface area contributed by atoms with Crippen molar-refractivity contribution in [3.63, 3.8) is 0 Å². The van der Waals surface area contributed by atoms with Gasteiger partial charge < -0.3 is 10.0 Å². The Labute approximate surface area is 116 Å². The van der Waals surface area contributed by atoms with Crippen LogP contribution in [-0.2, 0) is 16.0 Å². The number of para-hydroxylation sites is 1. The number of fused-ring (bicyclic) bond motifs is 1. The Bertz CT molecular complexity index is 503. The first-order valence-corrected chi connectivity index (χ1v) is 7.30. The predicted octanol–water partition coefficient (Wildman–Crippen LogP) is 2.17. The molecule has 0 spiro atoms. The number of anilines is 1. The molecule has 4 nitrogen and oxygen atoms in total. The lowest BCUT2D eigenvalue weighted by atomic mass is 10.1. The zero-order valence-corrected chi connectivity index (χ0v) is 11.8. The highest BCUT2D eigenvalue weighted by Gasteiger charge is 2.30. The van der Waals surface area contributed by atoms with Gasteiger partial charge in [-0.1, -0.05) is 18.2 Å². The fourth-order valence-electron chi connectivity index (χ4n) is 2.28. The smallest absolute Gasteiger partial charge is 0.316 e. The minimum atomic E-state index is -0.882. The summed E-state index contributed by atoms with van der Waals surface area (Å²) >= 11 is 1.17. The maximum Gasteiger partial charge on any atom is 0.316 e. The first-order valence-electron chi connectivity index (χ1n) is 6.25. The van der Waals surface area contributed by atoms with Crippen LogP contribution in [0.1, 0.15) is 19.4 Å². The Morgan fingerprint density at radius 2 is 2.16 bits per heavy atom. The van der Waals surface area contributed by atoms with Gasteiger partial charge in [-0.05, 0) is 31.9 Å². The molecule has 2 atom stereocenters. The second-order valence-electron chi connectivity index (χ2n) is 4.74. The van der Waals surface area contributed by atoms with Crippen LogP contribution in [0.25, 0.3) is 0 Å². The van der Waals surface area contributed by atoms with Gasteiger partial charge in [0.05, 0.1) is 11.0 Å². The summed E-state index contributed by atoms with van der Waals surface area (Å²) in [6.07, 6.45) is 0.862. The number of rotatable bonds is 4. The Morgan fingerprint density at radius 3 is 2.84 bits per heavy atom. The van der Waals surface area contributed by atoms with E-state index in [4.69, 9.17) is 5.11 Å². The number of amides is 1. The molecule has 0 aromatic heterocycles. The molecular formula is C14H17NO3S. The third kappa shape index (κ3) is 2.92. The zero-order chi connectivity index (χ0) is 14.0. The van der Waals surface area contributed by atoms with Crippen LogP contribution in [0.3, 0.4) is 0 Å². The first kappa shape index (κ1) is 13.9. The second kappa shape index (κ2) is 5.65. The van der Waals surface area contributed by atoms with Crippen LogP contribution >= 0.6 is 11.8 Å². The number of carbonyl (C=O) groups is 2. The second-order valence-corrected chi connectivity index (χ2v) is 6.07. The molecule has 1 aliphatic heterocycles. The number of carbonyl (C=O) groups excluding carboxylic acids is 1. The number of hydrogen-bond donors (Lipinski definition) is 1. The van der Waals surface area contributed by atoms with Gasteiger partial charge in [0.2, 0.25) is 5.91 Å².